The second-order valence-corrected chi connectivity index (χ2v) is 6.86. The van der Waals surface area contributed by atoms with Crippen LogP contribution in [0.3, 0.4) is 0 Å². The molecule has 1 amide bonds. The second-order valence-electron chi connectivity index (χ2n) is 6.86. The summed E-state index contributed by atoms with van der Waals surface area (Å²) in [6.07, 6.45) is 1.53. The molecule has 1 atom stereocenters. The Hall–Kier alpha value is -4.00. The van der Waals surface area contributed by atoms with Gasteiger partial charge in [0.1, 0.15) is 23.4 Å². The van der Waals surface area contributed by atoms with E-state index in [-0.39, 0.29) is 17.0 Å². The molecule has 1 aliphatic heterocycles. The number of aromatic nitrogens is 1. The van der Waals surface area contributed by atoms with Crippen LogP contribution >= 0.6 is 0 Å². The number of hydrogen-bond acceptors (Lipinski definition) is 5. The van der Waals surface area contributed by atoms with E-state index in [9.17, 15) is 19.1 Å². The summed E-state index contributed by atoms with van der Waals surface area (Å²) in [5.41, 5.74) is 0.806. The van der Waals surface area contributed by atoms with E-state index in [1.165, 1.54) is 24.4 Å². The molecule has 4 rings (SSSR count). The predicted octanol–water partition coefficient (Wildman–Crippen LogP) is 4.25. The van der Waals surface area contributed by atoms with Crippen LogP contribution in [-0.2, 0) is 9.59 Å². The van der Waals surface area contributed by atoms with Crippen LogP contribution in [0.4, 0.5) is 10.1 Å². The number of ether oxygens (including phenoxy) is 1. The van der Waals surface area contributed by atoms with Crippen molar-refractivity contribution in [3.05, 3.63) is 95.6 Å². The molecule has 1 aliphatic rings. The molecule has 0 saturated carbocycles. The highest BCUT2D eigenvalue weighted by Gasteiger charge is 2.47. The molecule has 0 spiro atoms. The summed E-state index contributed by atoms with van der Waals surface area (Å²) < 4.78 is 19.3. The average Bonchev–Trinajstić information content (AvgIpc) is 3.05. The standard InChI is InChI=1S/C24H19FN2O4/c1-2-31-18-11-9-15(10-12-18)22(28)20-21(19-8-3-4-13-26-19)27(24(30)23(20)29)17-7-5-6-16(25)14-17/h3-14,21,28H,2H2,1H3/b22-20+. The summed E-state index contributed by atoms with van der Waals surface area (Å²) in [7, 11) is 0. The first-order chi connectivity index (χ1) is 15.0. The third-order valence-electron chi connectivity index (χ3n) is 4.94. The Bertz CT molecular complexity index is 1160. The molecule has 156 valence electrons. The number of benzene rings is 2. The third kappa shape index (κ3) is 3.77. The Morgan fingerprint density at radius 1 is 1.10 bits per heavy atom. The normalized spacial score (nSPS) is 17.7. The first-order valence-corrected chi connectivity index (χ1v) is 9.72. The van der Waals surface area contributed by atoms with Crippen LogP contribution in [0.15, 0.2) is 78.5 Å². The highest BCUT2D eigenvalue weighted by atomic mass is 19.1. The second kappa shape index (κ2) is 8.39. The molecule has 1 unspecified atom stereocenters. The topological polar surface area (TPSA) is 79.7 Å². The maximum atomic E-state index is 13.9. The van der Waals surface area contributed by atoms with Gasteiger partial charge >= 0.3 is 0 Å². The molecular weight excluding hydrogens is 399 g/mol. The summed E-state index contributed by atoms with van der Waals surface area (Å²) in [5, 5.41) is 11.0. The molecule has 1 fully saturated rings. The molecule has 3 aromatic rings. The molecule has 0 aliphatic carbocycles. The third-order valence-corrected chi connectivity index (χ3v) is 4.94. The Morgan fingerprint density at radius 3 is 2.52 bits per heavy atom. The van der Waals surface area contributed by atoms with Crippen LogP contribution in [0.1, 0.15) is 24.2 Å². The molecule has 0 radical (unpaired) electrons. The van der Waals surface area contributed by atoms with Crippen molar-refractivity contribution in [1.29, 1.82) is 0 Å². The van der Waals surface area contributed by atoms with Crippen LogP contribution in [-0.4, -0.2) is 28.4 Å². The van der Waals surface area contributed by atoms with E-state index in [0.29, 0.717) is 23.6 Å². The summed E-state index contributed by atoms with van der Waals surface area (Å²) in [5.74, 6) is -2.01. The van der Waals surface area contributed by atoms with Gasteiger partial charge in [0.2, 0.25) is 0 Å². The zero-order valence-electron chi connectivity index (χ0n) is 16.7. The summed E-state index contributed by atoms with van der Waals surface area (Å²) in [6.45, 7) is 2.35. The lowest BCUT2D eigenvalue weighted by atomic mass is 9.98. The smallest absolute Gasteiger partial charge is 0.300 e. The van der Waals surface area contributed by atoms with Crippen LogP contribution in [0, 0.1) is 5.82 Å². The number of anilines is 1. The number of rotatable bonds is 5. The Balaban J connectivity index is 1.88. The SMILES string of the molecule is CCOc1ccc(/C(O)=C2\C(=O)C(=O)N(c3cccc(F)c3)C2c2ccccn2)cc1. The predicted molar refractivity (Wildman–Crippen MR) is 113 cm³/mol. The fourth-order valence-electron chi connectivity index (χ4n) is 3.57. The van der Waals surface area contributed by atoms with Crippen molar-refractivity contribution in [3.8, 4) is 5.75 Å². The number of halogens is 1. The molecular formula is C24H19FN2O4. The Labute approximate surface area is 178 Å². The van der Waals surface area contributed by atoms with Gasteiger partial charge in [0.15, 0.2) is 0 Å². The van der Waals surface area contributed by atoms with Crippen molar-refractivity contribution in [2.24, 2.45) is 0 Å². The van der Waals surface area contributed by atoms with Crippen molar-refractivity contribution in [2.45, 2.75) is 13.0 Å². The van der Waals surface area contributed by atoms with Gasteiger partial charge < -0.3 is 9.84 Å². The van der Waals surface area contributed by atoms with E-state index in [2.05, 4.69) is 4.98 Å². The van der Waals surface area contributed by atoms with Gasteiger partial charge in [-0.3, -0.25) is 19.5 Å². The van der Waals surface area contributed by atoms with E-state index in [4.69, 9.17) is 4.74 Å². The van der Waals surface area contributed by atoms with Gasteiger partial charge in [-0.05, 0) is 61.5 Å². The zero-order valence-corrected chi connectivity index (χ0v) is 16.7. The number of carbonyl (C=O) groups excluding carboxylic acids is 2. The Morgan fingerprint density at radius 2 is 1.87 bits per heavy atom. The highest BCUT2D eigenvalue weighted by Crippen LogP contribution is 2.41. The van der Waals surface area contributed by atoms with E-state index in [1.54, 1.807) is 42.5 Å². The first-order valence-electron chi connectivity index (χ1n) is 9.72. The minimum atomic E-state index is -1.01. The summed E-state index contributed by atoms with van der Waals surface area (Å²) in [6, 6.07) is 16.0. The zero-order chi connectivity index (χ0) is 22.0. The van der Waals surface area contributed by atoms with E-state index in [1.807, 2.05) is 6.92 Å². The van der Waals surface area contributed by atoms with Gasteiger partial charge in [-0.25, -0.2) is 4.39 Å². The highest BCUT2D eigenvalue weighted by molar-refractivity contribution is 6.51. The quantitative estimate of drug-likeness (QED) is 0.381. The number of carbonyl (C=O) groups is 2. The lowest BCUT2D eigenvalue weighted by molar-refractivity contribution is -0.132. The number of aliphatic hydroxyl groups excluding tert-OH is 1. The first kappa shape index (κ1) is 20.3. The van der Waals surface area contributed by atoms with Gasteiger partial charge in [-0.1, -0.05) is 12.1 Å². The van der Waals surface area contributed by atoms with Gasteiger partial charge in [0.05, 0.1) is 17.9 Å². The minimum Gasteiger partial charge on any atom is -0.507 e. The molecule has 1 aromatic heterocycles. The molecule has 31 heavy (non-hydrogen) atoms. The molecule has 1 saturated heterocycles. The number of hydrogen-bond donors (Lipinski definition) is 1. The average molecular weight is 418 g/mol. The van der Waals surface area contributed by atoms with Gasteiger partial charge in [-0.15, -0.1) is 0 Å². The van der Waals surface area contributed by atoms with Gasteiger partial charge in [0, 0.05) is 17.4 Å². The maximum absolute atomic E-state index is 13.9. The Kier molecular flexibility index (Phi) is 5.49. The van der Waals surface area contributed by atoms with Crippen LogP contribution in [0.25, 0.3) is 5.76 Å². The number of Topliss-reactive ketones (excluding diaryl/α,β-unsaturated/α-hetero) is 1. The van der Waals surface area contributed by atoms with Crippen molar-refractivity contribution in [1.82, 2.24) is 4.98 Å². The number of amides is 1. The van der Waals surface area contributed by atoms with E-state index < -0.39 is 23.5 Å². The van der Waals surface area contributed by atoms with Gasteiger partial charge in [-0.2, -0.15) is 0 Å². The van der Waals surface area contributed by atoms with Crippen molar-refractivity contribution in [2.75, 3.05) is 11.5 Å². The molecule has 7 heteroatoms. The van der Waals surface area contributed by atoms with Crippen molar-refractivity contribution >= 4 is 23.1 Å². The van der Waals surface area contributed by atoms with Crippen molar-refractivity contribution in [3.63, 3.8) is 0 Å². The van der Waals surface area contributed by atoms with Gasteiger partial charge in [0.25, 0.3) is 11.7 Å². The number of aliphatic hydroxyl groups is 1. The monoisotopic (exact) mass is 418 g/mol. The lowest BCUT2D eigenvalue weighted by Gasteiger charge is -2.24. The van der Waals surface area contributed by atoms with E-state index in [0.717, 1.165) is 11.0 Å². The number of ketones is 1. The molecule has 2 heterocycles. The molecule has 6 nitrogen and oxygen atoms in total. The van der Waals surface area contributed by atoms with Crippen molar-refractivity contribution < 1.29 is 23.8 Å². The largest absolute Gasteiger partial charge is 0.507 e. The molecule has 1 N–H and O–H groups in total. The number of nitrogens with zero attached hydrogens (tertiary/aromatic N) is 2. The minimum absolute atomic E-state index is 0.114. The lowest BCUT2D eigenvalue weighted by Crippen LogP contribution is -2.29. The van der Waals surface area contributed by atoms with Crippen LogP contribution in [0.5, 0.6) is 5.75 Å². The van der Waals surface area contributed by atoms with Crippen LogP contribution in [0.2, 0.25) is 0 Å². The fraction of sp³-hybridized carbons (Fsp3) is 0.125. The fourth-order valence-corrected chi connectivity index (χ4v) is 3.57. The molecule has 2 aromatic carbocycles. The molecule has 0 bridgehead atoms. The summed E-state index contributed by atoms with van der Waals surface area (Å²) in [4.78, 5) is 31.4. The number of pyridine rings is 1. The van der Waals surface area contributed by atoms with Crippen LogP contribution < -0.4 is 9.64 Å². The summed E-state index contributed by atoms with van der Waals surface area (Å²) >= 11 is 0. The maximum Gasteiger partial charge on any atom is 0.300 e. The van der Waals surface area contributed by atoms with E-state index >= 15 is 0 Å².